The van der Waals surface area contributed by atoms with E-state index in [2.05, 4.69) is 14.9 Å². The highest BCUT2D eigenvalue weighted by Crippen LogP contribution is 2.39. The van der Waals surface area contributed by atoms with Gasteiger partial charge in [0.05, 0.1) is 6.61 Å². The molecule has 1 atom stereocenters. The molecule has 1 amide bonds. The van der Waals surface area contributed by atoms with Gasteiger partial charge in [-0.3, -0.25) is 4.79 Å². The smallest absolute Gasteiger partial charge is 0.225 e. The predicted octanol–water partition coefficient (Wildman–Crippen LogP) is 1.33. The maximum atomic E-state index is 12.1. The average molecular weight is 304 g/mol. The Kier molecular flexibility index (Phi) is 4.57. The lowest BCUT2D eigenvalue weighted by Crippen LogP contribution is -2.54. The van der Waals surface area contributed by atoms with E-state index in [9.17, 15) is 4.79 Å². The van der Waals surface area contributed by atoms with Crippen molar-refractivity contribution in [3.8, 4) is 0 Å². The van der Waals surface area contributed by atoms with Crippen LogP contribution in [0.15, 0.2) is 18.5 Å². The molecule has 1 aromatic rings. The van der Waals surface area contributed by atoms with Crippen molar-refractivity contribution in [3.05, 3.63) is 18.5 Å². The van der Waals surface area contributed by atoms with Crippen molar-refractivity contribution in [2.24, 2.45) is 5.41 Å². The molecule has 3 rings (SSSR count). The lowest BCUT2D eigenvalue weighted by molar-refractivity contribution is -0.138. The van der Waals surface area contributed by atoms with Crippen molar-refractivity contribution in [2.75, 3.05) is 44.8 Å². The van der Waals surface area contributed by atoms with E-state index in [1.165, 1.54) is 6.42 Å². The van der Waals surface area contributed by atoms with Gasteiger partial charge in [0.15, 0.2) is 0 Å². The molecule has 0 bridgehead atoms. The van der Waals surface area contributed by atoms with E-state index in [1.54, 1.807) is 19.5 Å². The predicted molar refractivity (Wildman–Crippen MR) is 83.6 cm³/mol. The molecular weight excluding hydrogens is 280 g/mol. The number of aromatic nitrogens is 2. The molecule has 0 aliphatic carbocycles. The molecule has 2 fully saturated rings. The van der Waals surface area contributed by atoms with E-state index in [1.807, 2.05) is 11.0 Å². The van der Waals surface area contributed by atoms with Crippen molar-refractivity contribution in [2.45, 2.75) is 25.7 Å². The second-order valence-corrected chi connectivity index (χ2v) is 6.38. The van der Waals surface area contributed by atoms with Crippen LogP contribution in [-0.2, 0) is 9.53 Å². The van der Waals surface area contributed by atoms with Gasteiger partial charge in [0.2, 0.25) is 11.9 Å². The van der Waals surface area contributed by atoms with Gasteiger partial charge in [0, 0.05) is 57.5 Å². The largest absolute Gasteiger partial charge is 0.383 e. The zero-order chi connectivity index (χ0) is 15.4. The quantitative estimate of drug-likeness (QED) is 0.840. The van der Waals surface area contributed by atoms with Crippen molar-refractivity contribution in [3.63, 3.8) is 0 Å². The number of carbonyl (C=O) groups is 1. The summed E-state index contributed by atoms with van der Waals surface area (Å²) in [5, 5.41) is 0. The van der Waals surface area contributed by atoms with Crippen LogP contribution in [0.3, 0.4) is 0 Å². The molecular formula is C16H24N4O2. The van der Waals surface area contributed by atoms with Crippen LogP contribution >= 0.6 is 0 Å². The zero-order valence-corrected chi connectivity index (χ0v) is 13.2. The molecule has 1 aromatic heterocycles. The maximum absolute atomic E-state index is 12.1. The third-order valence-electron chi connectivity index (χ3n) is 4.81. The number of hydrogen-bond donors (Lipinski definition) is 0. The molecule has 1 unspecified atom stereocenters. The molecule has 0 radical (unpaired) electrons. The summed E-state index contributed by atoms with van der Waals surface area (Å²) in [4.78, 5) is 25.1. The first kappa shape index (κ1) is 15.2. The molecule has 0 N–H and O–H groups in total. The first-order valence-corrected chi connectivity index (χ1v) is 8.01. The number of amides is 1. The molecule has 6 heteroatoms. The Morgan fingerprint density at radius 3 is 2.86 bits per heavy atom. The molecule has 0 saturated carbocycles. The first-order chi connectivity index (χ1) is 10.7. The molecule has 1 spiro atoms. The van der Waals surface area contributed by atoms with Crippen LogP contribution < -0.4 is 4.90 Å². The molecule has 0 aromatic carbocycles. The van der Waals surface area contributed by atoms with Gasteiger partial charge in [-0.15, -0.1) is 0 Å². The van der Waals surface area contributed by atoms with Gasteiger partial charge in [-0.2, -0.15) is 0 Å². The summed E-state index contributed by atoms with van der Waals surface area (Å²) in [6.45, 7) is 4.07. The van der Waals surface area contributed by atoms with Gasteiger partial charge in [-0.05, 0) is 25.3 Å². The second kappa shape index (κ2) is 6.60. The Balaban J connectivity index is 1.71. The third kappa shape index (κ3) is 3.21. The zero-order valence-electron chi connectivity index (χ0n) is 13.2. The van der Waals surface area contributed by atoms with E-state index in [-0.39, 0.29) is 11.3 Å². The van der Waals surface area contributed by atoms with Crippen LogP contribution in [0.25, 0.3) is 0 Å². The molecule has 2 saturated heterocycles. The van der Waals surface area contributed by atoms with Crippen molar-refractivity contribution < 1.29 is 9.53 Å². The lowest BCUT2D eigenvalue weighted by atomic mass is 9.73. The number of methoxy groups -OCH3 is 1. The molecule has 2 aliphatic rings. The standard InChI is InChI=1S/C16H24N4O2/c1-22-11-10-19-12-16(6-4-14(19)21)5-2-9-20(13-16)15-17-7-3-8-18-15/h3,7-8H,2,4-6,9-13H2,1H3. The number of hydrogen-bond acceptors (Lipinski definition) is 5. The Hall–Kier alpha value is -1.69. The molecule has 2 aliphatic heterocycles. The fourth-order valence-corrected chi connectivity index (χ4v) is 3.67. The number of rotatable bonds is 4. The van der Waals surface area contributed by atoms with E-state index in [0.29, 0.717) is 19.6 Å². The van der Waals surface area contributed by atoms with Gasteiger partial charge >= 0.3 is 0 Å². The van der Waals surface area contributed by atoms with Crippen molar-refractivity contribution in [1.29, 1.82) is 0 Å². The summed E-state index contributed by atoms with van der Waals surface area (Å²) in [6, 6.07) is 1.84. The van der Waals surface area contributed by atoms with E-state index >= 15 is 0 Å². The number of carbonyl (C=O) groups excluding carboxylic acids is 1. The second-order valence-electron chi connectivity index (χ2n) is 6.38. The minimum Gasteiger partial charge on any atom is -0.383 e. The van der Waals surface area contributed by atoms with E-state index in [0.717, 1.165) is 38.4 Å². The summed E-state index contributed by atoms with van der Waals surface area (Å²) in [7, 11) is 1.68. The monoisotopic (exact) mass is 304 g/mol. The lowest BCUT2D eigenvalue weighted by Gasteiger charge is -2.48. The summed E-state index contributed by atoms with van der Waals surface area (Å²) in [5.74, 6) is 1.07. The maximum Gasteiger partial charge on any atom is 0.225 e. The van der Waals surface area contributed by atoms with Crippen LogP contribution in [0.1, 0.15) is 25.7 Å². The minimum absolute atomic E-state index is 0.180. The number of anilines is 1. The topological polar surface area (TPSA) is 58.6 Å². The Labute approximate surface area is 131 Å². The number of likely N-dealkylation sites (tertiary alicyclic amines) is 1. The number of piperidine rings is 2. The van der Waals surface area contributed by atoms with Gasteiger partial charge in [0.25, 0.3) is 0 Å². The summed E-state index contributed by atoms with van der Waals surface area (Å²) in [6.07, 6.45) is 7.50. The third-order valence-corrected chi connectivity index (χ3v) is 4.81. The molecule has 3 heterocycles. The highest BCUT2D eigenvalue weighted by Gasteiger charge is 2.42. The van der Waals surface area contributed by atoms with Crippen molar-refractivity contribution >= 4 is 11.9 Å². The van der Waals surface area contributed by atoms with Gasteiger partial charge < -0.3 is 14.5 Å². The Morgan fingerprint density at radius 1 is 1.27 bits per heavy atom. The Morgan fingerprint density at radius 2 is 2.09 bits per heavy atom. The molecule has 22 heavy (non-hydrogen) atoms. The average Bonchev–Trinajstić information content (AvgIpc) is 2.57. The summed E-state index contributed by atoms with van der Waals surface area (Å²) < 4.78 is 5.13. The Bertz CT molecular complexity index is 510. The van der Waals surface area contributed by atoms with Gasteiger partial charge in [-0.25, -0.2) is 9.97 Å². The van der Waals surface area contributed by atoms with Crippen LogP contribution in [0.2, 0.25) is 0 Å². The van der Waals surface area contributed by atoms with E-state index in [4.69, 9.17) is 4.74 Å². The number of nitrogens with zero attached hydrogens (tertiary/aromatic N) is 4. The van der Waals surface area contributed by atoms with Crippen molar-refractivity contribution in [1.82, 2.24) is 14.9 Å². The van der Waals surface area contributed by atoms with Crippen LogP contribution in [0, 0.1) is 5.41 Å². The summed E-state index contributed by atoms with van der Waals surface area (Å²) in [5.41, 5.74) is 0.180. The van der Waals surface area contributed by atoms with Gasteiger partial charge in [0.1, 0.15) is 0 Å². The SMILES string of the molecule is COCCN1CC2(CCCN(c3ncccn3)C2)CCC1=O. The van der Waals surface area contributed by atoms with Crippen LogP contribution in [0.5, 0.6) is 0 Å². The summed E-state index contributed by atoms with van der Waals surface area (Å²) >= 11 is 0. The van der Waals surface area contributed by atoms with E-state index < -0.39 is 0 Å². The normalized spacial score (nSPS) is 25.8. The van der Waals surface area contributed by atoms with Gasteiger partial charge in [-0.1, -0.05) is 0 Å². The van der Waals surface area contributed by atoms with Crippen LogP contribution in [-0.4, -0.2) is 60.7 Å². The minimum atomic E-state index is 0.180. The molecule has 6 nitrogen and oxygen atoms in total. The highest BCUT2D eigenvalue weighted by atomic mass is 16.5. The van der Waals surface area contributed by atoms with Crippen LogP contribution in [0.4, 0.5) is 5.95 Å². The fraction of sp³-hybridized carbons (Fsp3) is 0.688. The highest BCUT2D eigenvalue weighted by molar-refractivity contribution is 5.77. The number of ether oxygens (including phenoxy) is 1. The fourth-order valence-electron chi connectivity index (χ4n) is 3.67. The molecule has 120 valence electrons. The first-order valence-electron chi connectivity index (χ1n) is 8.01.